The molecule has 1 aliphatic heterocycles. The van der Waals surface area contributed by atoms with Crippen LogP contribution in [0, 0.1) is 0 Å². The van der Waals surface area contributed by atoms with Crippen molar-refractivity contribution >= 4 is 46.0 Å². The van der Waals surface area contributed by atoms with Crippen molar-refractivity contribution in [1.29, 1.82) is 0 Å². The number of hydrogen-bond donors (Lipinski definition) is 1. The van der Waals surface area contributed by atoms with Crippen LogP contribution in [0.3, 0.4) is 0 Å². The molecule has 3 aromatic rings. The number of anilines is 1. The van der Waals surface area contributed by atoms with Crippen LogP contribution in [0.15, 0.2) is 60.7 Å². The SMILES string of the molecule is CN(CC(=O)Nc1cccc2ccccc12)C(=O)C=Cc1cc(Cl)c2c(c1)OCO2. The lowest BCUT2D eigenvalue weighted by atomic mass is 10.1. The summed E-state index contributed by atoms with van der Waals surface area (Å²) in [5.74, 6) is 0.457. The monoisotopic (exact) mass is 422 g/mol. The molecule has 30 heavy (non-hydrogen) atoms. The number of amides is 2. The van der Waals surface area contributed by atoms with Gasteiger partial charge in [0.15, 0.2) is 11.5 Å². The fourth-order valence-corrected chi connectivity index (χ4v) is 3.47. The van der Waals surface area contributed by atoms with Crippen LogP contribution in [-0.2, 0) is 9.59 Å². The highest BCUT2D eigenvalue weighted by atomic mass is 35.5. The normalized spacial score (nSPS) is 12.3. The Hall–Kier alpha value is -3.51. The van der Waals surface area contributed by atoms with Gasteiger partial charge in [0.2, 0.25) is 18.6 Å². The maximum Gasteiger partial charge on any atom is 0.246 e. The Balaban J connectivity index is 1.39. The van der Waals surface area contributed by atoms with Crippen molar-refractivity contribution in [1.82, 2.24) is 4.90 Å². The van der Waals surface area contributed by atoms with Gasteiger partial charge in [0, 0.05) is 24.2 Å². The third-order valence-corrected chi connectivity index (χ3v) is 4.97. The molecule has 1 aliphatic rings. The number of carbonyl (C=O) groups is 2. The summed E-state index contributed by atoms with van der Waals surface area (Å²) in [4.78, 5) is 26.2. The van der Waals surface area contributed by atoms with Crippen LogP contribution in [0.25, 0.3) is 16.8 Å². The molecular weight excluding hydrogens is 404 g/mol. The maximum atomic E-state index is 12.4. The van der Waals surface area contributed by atoms with Gasteiger partial charge < -0.3 is 19.7 Å². The van der Waals surface area contributed by atoms with Gasteiger partial charge in [0.05, 0.1) is 11.6 Å². The van der Waals surface area contributed by atoms with Crippen LogP contribution >= 0.6 is 11.6 Å². The fourth-order valence-electron chi connectivity index (χ4n) is 3.20. The van der Waals surface area contributed by atoms with Crippen molar-refractivity contribution in [3.05, 3.63) is 71.3 Å². The summed E-state index contributed by atoms with van der Waals surface area (Å²) in [6.45, 7) is 0.0456. The molecule has 0 unspecified atom stereocenters. The maximum absolute atomic E-state index is 12.4. The van der Waals surface area contributed by atoms with Gasteiger partial charge in [-0.05, 0) is 35.2 Å². The summed E-state index contributed by atoms with van der Waals surface area (Å²) in [7, 11) is 1.57. The number of benzene rings is 3. The van der Waals surface area contributed by atoms with E-state index in [2.05, 4.69) is 5.32 Å². The zero-order valence-corrected chi connectivity index (χ0v) is 17.0. The summed E-state index contributed by atoms with van der Waals surface area (Å²) >= 11 is 6.15. The number of halogens is 1. The standard InChI is InChI=1S/C23H19ClN2O4/c1-26(13-21(27)25-19-8-4-6-16-5-2-3-7-17(16)19)22(28)10-9-15-11-18(24)23-20(12-15)29-14-30-23/h2-12H,13-14H2,1H3,(H,25,27). The van der Waals surface area contributed by atoms with Gasteiger partial charge in [-0.2, -0.15) is 0 Å². The van der Waals surface area contributed by atoms with E-state index in [1.165, 1.54) is 11.0 Å². The minimum Gasteiger partial charge on any atom is -0.454 e. The van der Waals surface area contributed by atoms with Crippen molar-refractivity contribution in [3.8, 4) is 11.5 Å². The van der Waals surface area contributed by atoms with Gasteiger partial charge in [0.1, 0.15) is 0 Å². The average molecular weight is 423 g/mol. The number of rotatable bonds is 5. The first kappa shape index (κ1) is 19.8. The molecule has 0 spiro atoms. The highest BCUT2D eigenvalue weighted by Gasteiger charge is 2.18. The number of ether oxygens (including phenoxy) is 2. The zero-order valence-electron chi connectivity index (χ0n) is 16.2. The molecule has 1 N–H and O–H groups in total. The Morgan fingerprint density at radius 2 is 1.93 bits per heavy atom. The van der Waals surface area contributed by atoms with Crippen LogP contribution in [0.5, 0.6) is 11.5 Å². The molecule has 0 saturated carbocycles. The minimum absolute atomic E-state index is 0.0751. The number of nitrogens with one attached hydrogen (secondary N) is 1. The first-order chi connectivity index (χ1) is 14.5. The van der Waals surface area contributed by atoms with E-state index in [4.69, 9.17) is 21.1 Å². The van der Waals surface area contributed by atoms with E-state index < -0.39 is 0 Å². The van der Waals surface area contributed by atoms with Crippen molar-refractivity contribution in [2.24, 2.45) is 0 Å². The predicted molar refractivity (Wildman–Crippen MR) is 117 cm³/mol. The van der Waals surface area contributed by atoms with Crippen LogP contribution in [0.2, 0.25) is 5.02 Å². The van der Waals surface area contributed by atoms with Crippen molar-refractivity contribution < 1.29 is 19.1 Å². The first-order valence-corrected chi connectivity index (χ1v) is 9.69. The summed E-state index contributed by atoms with van der Waals surface area (Å²) in [5, 5.41) is 5.27. The molecule has 152 valence electrons. The summed E-state index contributed by atoms with van der Waals surface area (Å²) < 4.78 is 10.6. The second kappa shape index (κ2) is 8.47. The lowest BCUT2D eigenvalue weighted by Gasteiger charge is -2.15. The van der Waals surface area contributed by atoms with Crippen LogP contribution < -0.4 is 14.8 Å². The molecule has 2 amide bonds. The van der Waals surface area contributed by atoms with E-state index >= 15 is 0 Å². The molecule has 6 nitrogen and oxygen atoms in total. The Labute approximate surface area is 178 Å². The lowest BCUT2D eigenvalue weighted by molar-refractivity contribution is -0.129. The smallest absolute Gasteiger partial charge is 0.246 e. The second-order valence-corrected chi connectivity index (χ2v) is 7.25. The summed E-state index contributed by atoms with van der Waals surface area (Å²) in [6, 6.07) is 16.9. The van der Waals surface area contributed by atoms with Crippen molar-refractivity contribution in [2.45, 2.75) is 0 Å². The largest absolute Gasteiger partial charge is 0.454 e. The Morgan fingerprint density at radius 1 is 1.13 bits per heavy atom. The molecule has 4 rings (SSSR count). The van der Waals surface area contributed by atoms with E-state index in [1.54, 1.807) is 25.3 Å². The molecule has 0 aromatic heterocycles. The Morgan fingerprint density at radius 3 is 2.80 bits per heavy atom. The van der Waals surface area contributed by atoms with Gasteiger partial charge in [-0.3, -0.25) is 9.59 Å². The molecule has 0 fully saturated rings. The van der Waals surface area contributed by atoms with Crippen molar-refractivity contribution in [2.75, 3.05) is 25.7 Å². The van der Waals surface area contributed by atoms with E-state index in [0.29, 0.717) is 27.8 Å². The van der Waals surface area contributed by atoms with E-state index in [-0.39, 0.29) is 25.2 Å². The number of hydrogen-bond acceptors (Lipinski definition) is 4. The number of fused-ring (bicyclic) bond motifs is 2. The third kappa shape index (κ3) is 4.23. The predicted octanol–water partition coefficient (Wildman–Crippen LogP) is 4.33. The van der Waals surface area contributed by atoms with E-state index in [9.17, 15) is 9.59 Å². The van der Waals surface area contributed by atoms with Gasteiger partial charge in [-0.15, -0.1) is 0 Å². The summed E-state index contributed by atoms with van der Waals surface area (Å²) in [6.07, 6.45) is 3.01. The molecule has 7 heteroatoms. The zero-order chi connectivity index (χ0) is 21.1. The number of carbonyl (C=O) groups excluding carboxylic acids is 2. The molecular formula is C23H19ClN2O4. The Kier molecular flexibility index (Phi) is 5.59. The van der Waals surface area contributed by atoms with E-state index in [1.807, 2.05) is 42.5 Å². The average Bonchev–Trinajstić information content (AvgIpc) is 3.21. The lowest BCUT2D eigenvalue weighted by Crippen LogP contribution is -2.33. The van der Waals surface area contributed by atoms with Crippen LogP contribution in [0.1, 0.15) is 5.56 Å². The topological polar surface area (TPSA) is 67.9 Å². The molecule has 0 aliphatic carbocycles. The van der Waals surface area contributed by atoms with Gasteiger partial charge in [-0.25, -0.2) is 0 Å². The fraction of sp³-hybridized carbons (Fsp3) is 0.130. The molecule has 0 radical (unpaired) electrons. The minimum atomic E-state index is -0.308. The van der Waals surface area contributed by atoms with Gasteiger partial charge >= 0.3 is 0 Å². The highest BCUT2D eigenvalue weighted by Crippen LogP contribution is 2.40. The van der Waals surface area contributed by atoms with Gasteiger partial charge in [0.25, 0.3) is 0 Å². The summed E-state index contributed by atoms with van der Waals surface area (Å²) in [5.41, 5.74) is 1.41. The van der Waals surface area contributed by atoms with Crippen LogP contribution in [0.4, 0.5) is 5.69 Å². The van der Waals surface area contributed by atoms with Gasteiger partial charge in [-0.1, -0.05) is 48.0 Å². The van der Waals surface area contributed by atoms with E-state index in [0.717, 1.165) is 10.8 Å². The Bertz CT molecular complexity index is 1150. The molecule has 1 heterocycles. The molecule has 3 aromatic carbocycles. The first-order valence-electron chi connectivity index (χ1n) is 9.31. The molecule has 0 atom stereocenters. The quantitative estimate of drug-likeness (QED) is 0.621. The molecule has 0 saturated heterocycles. The van der Waals surface area contributed by atoms with Crippen molar-refractivity contribution in [3.63, 3.8) is 0 Å². The second-order valence-electron chi connectivity index (χ2n) is 6.84. The third-order valence-electron chi connectivity index (χ3n) is 4.69. The number of nitrogens with zero attached hydrogens (tertiary/aromatic N) is 1. The number of likely N-dealkylation sites (N-methyl/N-ethyl adjacent to an activating group) is 1. The van der Waals surface area contributed by atoms with Crippen LogP contribution in [-0.4, -0.2) is 37.1 Å². The molecule has 0 bridgehead atoms. The highest BCUT2D eigenvalue weighted by molar-refractivity contribution is 6.32.